The zero-order valence-electron chi connectivity index (χ0n) is 7.01. The molecule has 1 heterocycles. The Hall–Kier alpha value is -1.63. The number of carbonyl (C=O) groups is 1. The van der Waals surface area contributed by atoms with E-state index in [0.29, 0.717) is 5.82 Å². The van der Waals surface area contributed by atoms with Crippen molar-refractivity contribution in [2.75, 3.05) is 0 Å². The molecule has 1 aromatic heterocycles. The molecule has 0 amide bonds. The third kappa shape index (κ3) is 2.71. The van der Waals surface area contributed by atoms with Crippen LogP contribution in [-0.4, -0.2) is 37.5 Å². The molecule has 7 heteroatoms. The minimum absolute atomic E-state index is 0.0373. The van der Waals surface area contributed by atoms with Crippen LogP contribution < -0.4 is 5.73 Å². The van der Waals surface area contributed by atoms with Gasteiger partial charge < -0.3 is 10.8 Å². The van der Waals surface area contributed by atoms with Gasteiger partial charge in [0.2, 0.25) is 0 Å². The van der Waals surface area contributed by atoms with Crippen LogP contribution in [-0.2, 0) is 11.2 Å². The van der Waals surface area contributed by atoms with Crippen molar-refractivity contribution in [1.29, 1.82) is 0 Å². The Labute approximate surface area is 74.0 Å². The fraction of sp³-hybridized carbons (Fsp3) is 0.500. The molecule has 1 aromatic rings. The van der Waals surface area contributed by atoms with E-state index in [1.54, 1.807) is 6.92 Å². The lowest BCUT2D eigenvalue weighted by molar-refractivity contribution is -0.138. The summed E-state index contributed by atoms with van der Waals surface area (Å²) in [5, 5.41) is 23.0. The predicted molar refractivity (Wildman–Crippen MR) is 41.7 cm³/mol. The molecule has 0 bridgehead atoms. The Balaban J connectivity index is 2.64. The molecule has 0 aliphatic heterocycles. The minimum Gasteiger partial charge on any atom is -0.480 e. The molecule has 1 rings (SSSR count). The van der Waals surface area contributed by atoms with Crippen LogP contribution in [0.3, 0.4) is 0 Å². The molecule has 7 nitrogen and oxygen atoms in total. The van der Waals surface area contributed by atoms with Gasteiger partial charge in [-0.3, -0.25) is 4.79 Å². The first kappa shape index (κ1) is 9.46. The summed E-state index contributed by atoms with van der Waals surface area (Å²) in [5.41, 5.74) is 5.25. The number of nitrogens with zero attached hydrogens (tertiary/aromatic N) is 4. The minimum atomic E-state index is -1.09. The maximum Gasteiger partial charge on any atom is 0.320 e. The molecule has 0 radical (unpaired) electrons. The van der Waals surface area contributed by atoms with Crippen LogP contribution in [0.1, 0.15) is 11.6 Å². The van der Waals surface area contributed by atoms with Crippen molar-refractivity contribution in [3.05, 3.63) is 11.6 Å². The summed E-state index contributed by atoms with van der Waals surface area (Å²) in [6.07, 6.45) is 0.0373. The molecular formula is C6H9N5O2. The van der Waals surface area contributed by atoms with Gasteiger partial charge >= 0.3 is 5.97 Å². The molecule has 0 saturated heterocycles. The quantitative estimate of drug-likeness (QED) is 0.587. The van der Waals surface area contributed by atoms with Crippen LogP contribution >= 0.6 is 0 Å². The standard InChI is InChI=1S/C6H9N5O2/c1-3-8-10-5(11-9-3)2-4(7)6(12)13/h4H,2,7H2,1H3,(H,12,13)/t4-/m0/s1. The highest BCUT2D eigenvalue weighted by Gasteiger charge is 2.14. The number of aromatic nitrogens is 4. The molecule has 0 aliphatic carbocycles. The molecule has 0 spiro atoms. The highest BCUT2D eigenvalue weighted by atomic mass is 16.4. The molecule has 0 fully saturated rings. The van der Waals surface area contributed by atoms with E-state index in [1.807, 2.05) is 0 Å². The number of carboxylic acids is 1. The molecule has 13 heavy (non-hydrogen) atoms. The van der Waals surface area contributed by atoms with Gasteiger partial charge in [0.1, 0.15) is 6.04 Å². The average Bonchev–Trinajstić information content (AvgIpc) is 2.08. The number of rotatable bonds is 3. The van der Waals surface area contributed by atoms with E-state index in [0.717, 1.165) is 0 Å². The van der Waals surface area contributed by atoms with E-state index in [4.69, 9.17) is 10.8 Å². The number of hydrogen-bond donors (Lipinski definition) is 2. The molecule has 3 N–H and O–H groups in total. The average molecular weight is 183 g/mol. The maximum absolute atomic E-state index is 10.3. The Morgan fingerprint density at radius 2 is 2.00 bits per heavy atom. The van der Waals surface area contributed by atoms with Crippen LogP contribution in [0.25, 0.3) is 0 Å². The van der Waals surface area contributed by atoms with Gasteiger partial charge in [-0.1, -0.05) is 0 Å². The normalized spacial score (nSPS) is 12.5. The monoisotopic (exact) mass is 183 g/mol. The van der Waals surface area contributed by atoms with Gasteiger partial charge in [0.25, 0.3) is 0 Å². The summed E-state index contributed by atoms with van der Waals surface area (Å²) in [7, 11) is 0. The van der Waals surface area contributed by atoms with Crippen LogP contribution in [0.4, 0.5) is 0 Å². The third-order valence-electron chi connectivity index (χ3n) is 1.34. The van der Waals surface area contributed by atoms with Crippen LogP contribution in [0.15, 0.2) is 0 Å². The first-order valence-corrected chi connectivity index (χ1v) is 3.61. The topological polar surface area (TPSA) is 115 Å². The summed E-state index contributed by atoms with van der Waals surface area (Å²) >= 11 is 0. The van der Waals surface area contributed by atoms with Gasteiger partial charge in [-0.25, -0.2) is 0 Å². The maximum atomic E-state index is 10.3. The second kappa shape index (κ2) is 3.85. The number of hydrogen-bond acceptors (Lipinski definition) is 6. The Kier molecular flexibility index (Phi) is 2.80. The zero-order chi connectivity index (χ0) is 9.84. The van der Waals surface area contributed by atoms with Crippen LogP contribution in [0.2, 0.25) is 0 Å². The van der Waals surface area contributed by atoms with Gasteiger partial charge in [-0.2, -0.15) is 0 Å². The molecular weight excluding hydrogens is 174 g/mol. The third-order valence-corrected chi connectivity index (χ3v) is 1.34. The Bertz CT molecular complexity index is 298. The summed E-state index contributed by atoms with van der Waals surface area (Å²) in [6.45, 7) is 1.64. The zero-order valence-corrected chi connectivity index (χ0v) is 7.01. The van der Waals surface area contributed by atoms with Gasteiger partial charge in [0, 0.05) is 6.42 Å². The van der Waals surface area contributed by atoms with E-state index in [1.165, 1.54) is 0 Å². The van der Waals surface area contributed by atoms with E-state index in [2.05, 4.69) is 20.4 Å². The van der Waals surface area contributed by atoms with Crippen molar-refractivity contribution in [3.8, 4) is 0 Å². The highest BCUT2D eigenvalue weighted by molar-refractivity contribution is 5.73. The van der Waals surface area contributed by atoms with Crippen LogP contribution in [0, 0.1) is 6.92 Å². The Morgan fingerprint density at radius 3 is 2.46 bits per heavy atom. The van der Waals surface area contributed by atoms with Crippen molar-refractivity contribution in [3.63, 3.8) is 0 Å². The molecule has 70 valence electrons. The lowest BCUT2D eigenvalue weighted by Gasteiger charge is -2.02. The lowest BCUT2D eigenvalue weighted by Crippen LogP contribution is -2.33. The lowest BCUT2D eigenvalue weighted by atomic mass is 10.2. The van der Waals surface area contributed by atoms with Crippen molar-refractivity contribution in [1.82, 2.24) is 20.4 Å². The van der Waals surface area contributed by atoms with Gasteiger partial charge in [-0.05, 0) is 6.92 Å². The second-order valence-electron chi connectivity index (χ2n) is 2.51. The molecule has 0 unspecified atom stereocenters. The van der Waals surface area contributed by atoms with Gasteiger partial charge in [-0.15, -0.1) is 20.4 Å². The van der Waals surface area contributed by atoms with Crippen molar-refractivity contribution in [2.45, 2.75) is 19.4 Å². The fourth-order valence-corrected chi connectivity index (χ4v) is 0.666. The van der Waals surface area contributed by atoms with Gasteiger partial charge in [0.15, 0.2) is 11.6 Å². The first-order chi connectivity index (χ1) is 6.09. The SMILES string of the molecule is Cc1nnc(C[C@H](N)C(=O)O)nn1. The van der Waals surface area contributed by atoms with Crippen molar-refractivity contribution >= 4 is 5.97 Å². The number of carboxylic acid groups (broad SMARTS) is 1. The predicted octanol–water partition coefficient (Wildman–Crippen LogP) is -1.47. The number of aryl methyl sites for hydroxylation is 1. The van der Waals surface area contributed by atoms with E-state index in [-0.39, 0.29) is 12.2 Å². The largest absolute Gasteiger partial charge is 0.480 e. The first-order valence-electron chi connectivity index (χ1n) is 3.61. The van der Waals surface area contributed by atoms with E-state index < -0.39 is 12.0 Å². The summed E-state index contributed by atoms with van der Waals surface area (Å²) in [4.78, 5) is 10.3. The number of nitrogens with two attached hydrogens (primary N) is 1. The smallest absolute Gasteiger partial charge is 0.320 e. The summed E-state index contributed by atoms with van der Waals surface area (Å²) in [5.74, 6) is -0.419. The second-order valence-corrected chi connectivity index (χ2v) is 2.51. The summed E-state index contributed by atoms with van der Waals surface area (Å²) < 4.78 is 0. The van der Waals surface area contributed by atoms with Crippen molar-refractivity contribution < 1.29 is 9.90 Å². The van der Waals surface area contributed by atoms with Crippen LogP contribution in [0.5, 0.6) is 0 Å². The van der Waals surface area contributed by atoms with Crippen molar-refractivity contribution in [2.24, 2.45) is 5.73 Å². The fourth-order valence-electron chi connectivity index (χ4n) is 0.666. The molecule has 0 aromatic carbocycles. The molecule has 0 aliphatic rings. The molecule has 0 saturated carbocycles. The van der Waals surface area contributed by atoms with Gasteiger partial charge in [0.05, 0.1) is 0 Å². The van der Waals surface area contributed by atoms with E-state index in [9.17, 15) is 4.79 Å². The summed E-state index contributed by atoms with van der Waals surface area (Å²) in [6, 6.07) is -1.01. The van der Waals surface area contributed by atoms with E-state index >= 15 is 0 Å². The number of aliphatic carboxylic acids is 1. The Morgan fingerprint density at radius 1 is 1.46 bits per heavy atom. The molecule has 1 atom stereocenters. The highest BCUT2D eigenvalue weighted by Crippen LogP contribution is 1.91.